The Balaban J connectivity index is 1.69. The van der Waals surface area contributed by atoms with E-state index in [1.165, 1.54) is 11.0 Å². The molecule has 2 amide bonds. The van der Waals surface area contributed by atoms with E-state index in [1.807, 2.05) is 44.2 Å². The van der Waals surface area contributed by atoms with Gasteiger partial charge in [-0.3, -0.25) is 24.1 Å². The Labute approximate surface area is 211 Å². The molecular formula is C29H33NO6. The predicted molar refractivity (Wildman–Crippen MR) is 132 cm³/mol. The smallest absolute Gasteiger partial charge is 0.233 e. The molecule has 190 valence electrons. The molecule has 4 aliphatic rings. The lowest BCUT2D eigenvalue weighted by atomic mass is 9.47. The largest absolute Gasteiger partial charge is 0.491 e. The van der Waals surface area contributed by atoms with Gasteiger partial charge in [-0.2, -0.15) is 0 Å². The highest BCUT2D eigenvalue weighted by molar-refractivity contribution is 6.13. The number of carbonyl (C=O) groups is 4. The SMILES string of the molecule is CCCN1C(=O)[C@H]2[C@H](CC=C3[C@H]2C[C@H]2C(=O)C=C(C)C(=O)[C@@]2(C)[C@H]3c2ccccc2OCCO)C1=O. The molecule has 1 aliphatic heterocycles. The number of para-hydroxylation sites is 1. The van der Waals surface area contributed by atoms with E-state index >= 15 is 0 Å². The van der Waals surface area contributed by atoms with E-state index in [4.69, 9.17) is 4.74 Å². The van der Waals surface area contributed by atoms with Crippen molar-refractivity contribution in [3.63, 3.8) is 0 Å². The topological polar surface area (TPSA) is 101 Å². The Hall–Kier alpha value is -3.06. The molecule has 1 saturated heterocycles. The number of hydrogen-bond acceptors (Lipinski definition) is 6. The minimum absolute atomic E-state index is 0.0723. The van der Waals surface area contributed by atoms with Crippen molar-refractivity contribution < 1.29 is 29.0 Å². The van der Waals surface area contributed by atoms with Crippen LogP contribution in [-0.2, 0) is 19.2 Å². The summed E-state index contributed by atoms with van der Waals surface area (Å²) in [6.07, 6.45) is 4.99. The van der Waals surface area contributed by atoms with Crippen molar-refractivity contribution in [2.45, 2.75) is 46.0 Å². The van der Waals surface area contributed by atoms with Crippen molar-refractivity contribution in [1.29, 1.82) is 0 Å². The molecule has 7 nitrogen and oxygen atoms in total. The second kappa shape index (κ2) is 9.11. The summed E-state index contributed by atoms with van der Waals surface area (Å²) in [5.74, 6) is -2.24. The number of amides is 2. The van der Waals surface area contributed by atoms with Crippen molar-refractivity contribution in [3.05, 3.63) is 53.1 Å². The van der Waals surface area contributed by atoms with Gasteiger partial charge in [0.25, 0.3) is 0 Å². The number of aliphatic hydroxyl groups is 1. The second-order valence-electron chi connectivity index (χ2n) is 10.7. The number of fused-ring (bicyclic) bond motifs is 4. The Morgan fingerprint density at radius 2 is 1.86 bits per heavy atom. The molecule has 1 heterocycles. The molecule has 0 unspecified atom stereocenters. The minimum atomic E-state index is -1.04. The maximum Gasteiger partial charge on any atom is 0.233 e. The third-order valence-corrected chi connectivity index (χ3v) is 8.76. The molecule has 5 rings (SSSR count). The number of Topliss-reactive ketones (excluding diaryl/α,β-unsaturated/α-hetero) is 1. The molecule has 1 aromatic carbocycles. The van der Waals surface area contributed by atoms with Gasteiger partial charge in [-0.15, -0.1) is 0 Å². The van der Waals surface area contributed by atoms with Crippen molar-refractivity contribution in [2.24, 2.45) is 29.1 Å². The lowest BCUT2D eigenvalue weighted by molar-refractivity contribution is -0.142. The number of benzene rings is 1. The zero-order valence-electron chi connectivity index (χ0n) is 21.0. The first-order valence-electron chi connectivity index (χ1n) is 12.9. The van der Waals surface area contributed by atoms with Crippen LogP contribution in [-0.4, -0.2) is 53.1 Å². The van der Waals surface area contributed by atoms with E-state index < -0.39 is 29.1 Å². The number of hydrogen-bond donors (Lipinski definition) is 1. The third-order valence-electron chi connectivity index (χ3n) is 8.76. The van der Waals surface area contributed by atoms with Crippen LogP contribution in [0, 0.1) is 29.1 Å². The molecule has 0 bridgehead atoms. The summed E-state index contributed by atoms with van der Waals surface area (Å²) in [6.45, 7) is 5.84. The Morgan fingerprint density at radius 3 is 2.58 bits per heavy atom. The first kappa shape index (κ1) is 24.6. The van der Waals surface area contributed by atoms with Gasteiger partial charge in [-0.05, 0) is 49.8 Å². The highest BCUT2D eigenvalue weighted by Crippen LogP contribution is 2.63. The van der Waals surface area contributed by atoms with Crippen molar-refractivity contribution in [2.75, 3.05) is 19.8 Å². The van der Waals surface area contributed by atoms with Crippen LogP contribution in [0.15, 0.2) is 47.6 Å². The predicted octanol–water partition coefficient (Wildman–Crippen LogP) is 3.22. The minimum Gasteiger partial charge on any atom is -0.491 e. The van der Waals surface area contributed by atoms with Crippen LogP contribution in [0.2, 0.25) is 0 Å². The summed E-state index contributed by atoms with van der Waals surface area (Å²) in [5.41, 5.74) is 1.11. The fourth-order valence-corrected chi connectivity index (χ4v) is 7.25. The standard InChI is InChI=1S/C29H33NO6/c1-4-11-30-27(34)19-10-9-17-20(24(19)28(30)35)15-21-22(32)14-16(2)26(33)29(21,3)25(17)18-7-5-6-8-23(18)36-13-12-31/h5-9,14,19-21,24-25,31H,4,10-13,15H2,1-3H3/t19-,20+,21-,24-,25+,29+/m0/s1. The maximum absolute atomic E-state index is 13.8. The van der Waals surface area contributed by atoms with E-state index in [9.17, 15) is 24.3 Å². The van der Waals surface area contributed by atoms with E-state index in [2.05, 4.69) is 0 Å². The monoisotopic (exact) mass is 491 g/mol. The molecule has 1 saturated carbocycles. The molecular weight excluding hydrogens is 458 g/mol. The zero-order chi connectivity index (χ0) is 25.8. The number of nitrogens with zero attached hydrogens (tertiary/aromatic N) is 1. The molecule has 1 N–H and O–H groups in total. The van der Waals surface area contributed by atoms with Gasteiger partial charge in [0.15, 0.2) is 11.6 Å². The number of ether oxygens (including phenoxy) is 1. The number of allylic oxidation sites excluding steroid dienone is 4. The van der Waals surface area contributed by atoms with E-state index in [0.717, 1.165) is 11.1 Å². The normalized spacial score (nSPS) is 33.6. The molecule has 1 aromatic rings. The summed E-state index contributed by atoms with van der Waals surface area (Å²) in [4.78, 5) is 55.3. The molecule has 6 atom stereocenters. The third kappa shape index (κ3) is 3.43. The van der Waals surface area contributed by atoms with Crippen LogP contribution >= 0.6 is 0 Å². The van der Waals surface area contributed by atoms with Crippen LogP contribution in [0.3, 0.4) is 0 Å². The fraction of sp³-hybridized carbons (Fsp3) is 0.517. The van der Waals surface area contributed by atoms with Crippen molar-refractivity contribution >= 4 is 23.4 Å². The molecule has 7 heteroatoms. The van der Waals surface area contributed by atoms with Crippen molar-refractivity contribution in [3.8, 4) is 5.75 Å². The summed E-state index contributed by atoms with van der Waals surface area (Å²) < 4.78 is 5.89. The van der Waals surface area contributed by atoms with Gasteiger partial charge in [-0.1, -0.05) is 43.7 Å². The van der Waals surface area contributed by atoms with Gasteiger partial charge in [-0.25, -0.2) is 0 Å². The van der Waals surface area contributed by atoms with E-state index in [0.29, 0.717) is 37.1 Å². The quantitative estimate of drug-likeness (QED) is 0.484. The molecule has 0 radical (unpaired) electrons. The van der Waals surface area contributed by atoms with Crippen LogP contribution in [0.5, 0.6) is 5.75 Å². The summed E-state index contributed by atoms with van der Waals surface area (Å²) >= 11 is 0. The van der Waals surface area contributed by atoms with E-state index in [-0.39, 0.29) is 42.5 Å². The number of likely N-dealkylation sites (tertiary alicyclic amines) is 1. The van der Waals surface area contributed by atoms with Gasteiger partial charge in [0.2, 0.25) is 11.8 Å². The van der Waals surface area contributed by atoms with Crippen molar-refractivity contribution in [1.82, 2.24) is 4.90 Å². The first-order valence-corrected chi connectivity index (χ1v) is 12.9. The average Bonchev–Trinajstić information content (AvgIpc) is 3.11. The van der Waals surface area contributed by atoms with Crippen LogP contribution in [0.25, 0.3) is 0 Å². The number of ketones is 2. The lowest BCUT2D eigenvalue weighted by Gasteiger charge is -2.53. The van der Waals surface area contributed by atoms with Crippen LogP contribution in [0.4, 0.5) is 0 Å². The molecule has 3 aliphatic carbocycles. The molecule has 0 aromatic heterocycles. The number of rotatable bonds is 6. The van der Waals surface area contributed by atoms with Crippen LogP contribution in [0.1, 0.15) is 51.5 Å². The number of carbonyl (C=O) groups excluding carboxylic acids is 4. The lowest BCUT2D eigenvalue weighted by Crippen LogP contribution is -2.54. The number of imide groups is 1. The van der Waals surface area contributed by atoms with Gasteiger partial charge < -0.3 is 9.84 Å². The highest BCUT2D eigenvalue weighted by atomic mass is 16.5. The Kier molecular flexibility index (Phi) is 6.23. The van der Waals surface area contributed by atoms with E-state index in [1.54, 1.807) is 6.92 Å². The first-order chi connectivity index (χ1) is 17.2. The Morgan fingerprint density at radius 1 is 1.11 bits per heavy atom. The highest BCUT2D eigenvalue weighted by Gasteiger charge is 2.63. The fourth-order valence-electron chi connectivity index (χ4n) is 7.25. The summed E-state index contributed by atoms with van der Waals surface area (Å²) in [6, 6.07) is 7.43. The second-order valence-corrected chi connectivity index (χ2v) is 10.7. The zero-order valence-corrected chi connectivity index (χ0v) is 21.0. The molecule has 36 heavy (non-hydrogen) atoms. The number of aliphatic hydroxyl groups excluding tert-OH is 1. The summed E-state index contributed by atoms with van der Waals surface area (Å²) in [7, 11) is 0. The maximum atomic E-state index is 13.8. The molecule has 0 spiro atoms. The average molecular weight is 492 g/mol. The van der Waals surface area contributed by atoms with Crippen LogP contribution < -0.4 is 4.74 Å². The van der Waals surface area contributed by atoms with Gasteiger partial charge >= 0.3 is 0 Å². The molecule has 2 fully saturated rings. The van der Waals surface area contributed by atoms with Gasteiger partial charge in [0, 0.05) is 23.9 Å². The summed E-state index contributed by atoms with van der Waals surface area (Å²) in [5, 5.41) is 9.37. The van der Waals surface area contributed by atoms with Gasteiger partial charge in [0.1, 0.15) is 12.4 Å². The Bertz CT molecular complexity index is 1200. The van der Waals surface area contributed by atoms with Gasteiger partial charge in [0.05, 0.1) is 23.9 Å².